The van der Waals surface area contributed by atoms with Crippen LogP contribution in [0.25, 0.3) is 43.8 Å². The van der Waals surface area contributed by atoms with Gasteiger partial charge in [0, 0.05) is 17.1 Å². The molecule has 2 aliphatic carbocycles. The first kappa shape index (κ1) is 37.3. The fraction of sp³-hybridized carbons (Fsp3) is 0.0312. The average Bonchev–Trinajstić information content (AvgIpc) is 3.86. The van der Waals surface area contributed by atoms with Gasteiger partial charge in [0.1, 0.15) is 0 Å². The lowest BCUT2D eigenvalue weighted by molar-refractivity contribution is 0.768. The molecule has 0 atom stereocenters. The van der Waals surface area contributed by atoms with Crippen LogP contribution in [0.15, 0.2) is 261 Å². The van der Waals surface area contributed by atoms with Gasteiger partial charge in [0.2, 0.25) is 0 Å². The molecule has 0 heterocycles. The Balaban J connectivity index is 1.03. The highest BCUT2D eigenvalue weighted by Crippen LogP contribution is 2.58. The zero-order valence-corrected chi connectivity index (χ0v) is 35.8. The van der Waals surface area contributed by atoms with Crippen LogP contribution in [0.1, 0.15) is 44.5 Å². The monoisotopic (exact) mass is 825 g/mol. The Morgan fingerprint density at radius 2 is 0.615 bits per heavy atom. The molecule has 0 bridgehead atoms. The molecule has 11 aromatic rings. The van der Waals surface area contributed by atoms with E-state index in [0.717, 1.165) is 17.1 Å². The molecule has 2 aliphatic rings. The average molecular weight is 826 g/mol. The second-order valence-electron chi connectivity index (χ2n) is 17.5. The smallest absolute Gasteiger partial charge is 0.0713 e. The van der Waals surface area contributed by atoms with Crippen molar-refractivity contribution in [3.05, 3.63) is 305 Å². The maximum Gasteiger partial charge on any atom is 0.0713 e. The fourth-order valence-electron chi connectivity index (χ4n) is 11.7. The maximum atomic E-state index is 2.46. The van der Waals surface area contributed by atoms with Crippen LogP contribution in [0.4, 0.5) is 17.1 Å². The van der Waals surface area contributed by atoms with Gasteiger partial charge in [0.25, 0.3) is 0 Å². The largest absolute Gasteiger partial charge is 0.310 e. The number of benzene rings is 11. The minimum Gasteiger partial charge on any atom is -0.310 e. The van der Waals surface area contributed by atoms with E-state index in [1.807, 2.05) is 0 Å². The van der Waals surface area contributed by atoms with Crippen LogP contribution < -0.4 is 4.90 Å². The first-order chi connectivity index (χ1) is 32.2. The highest BCUT2D eigenvalue weighted by atomic mass is 15.1. The molecule has 304 valence electrons. The summed E-state index contributed by atoms with van der Waals surface area (Å²) in [6.45, 7) is 0. The number of hydrogen-bond acceptors (Lipinski definition) is 1. The van der Waals surface area contributed by atoms with Crippen molar-refractivity contribution in [2.45, 2.75) is 10.8 Å². The van der Waals surface area contributed by atoms with Crippen molar-refractivity contribution in [2.24, 2.45) is 0 Å². The lowest BCUT2D eigenvalue weighted by Gasteiger charge is -2.35. The first-order valence-corrected chi connectivity index (χ1v) is 22.7. The summed E-state index contributed by atoms with van der Waals surface area (Å²) in [7, 11) is 0. The number of rotatable bonds is 7. The molecule has 0 radical (unpaired) electrons. The Morgan fingerprint density at radius 1 is 0.231 bits per heavy atom. The summed E-state index contributed by atoms with van der Waals surface area (Å²) in [5.41, 5.74) is 17.7. The molecule has 0 N–H and O–H groups in total. The van der Waals surface area contributed by atoms with Gasteiger partial charge in [0.05, 0.1) is 10.8 Å². The molecule has 0 aromatic heterocycles. The summed E-state index contributed by atoms with van der Waals surface area (Å²) in [4.78, 5) is 2.46. The Kier molecular flexibility index (Phi) is 8.41. The maximum absolute atomic E-state index is 2.46. The quantitative estimate of drug-likeness (QED) is 0.145. The second kappa shape index (κ2) is 14.7. The molecular weight excluding hydrogens is 783 g/mol. The highest BCUT2D eigenvalue weighted by Gasteiger charge is 2.47. The van der Waals surface area contributed by atoms with Gasteiger partial charge in [-0.3, -0.25) is 0 Å². The molecule has 65 heavy (non-hydrogen) atoms. The number of nitrogens with zero attached hydrogens (tertiary/aromatic N) is 1. The van der Waals surface area contributed by atoms with E-state index in [1.165, 1.54) is 88.3 Å². The van der Waals surface area contributed by atoms with Crippen LogP contribution in [0.2, 0.25) is 0 Å². The molecule has 0 amide bonds. The molecular formula is C64H43N. The molecule has 13 rings (SSSR count). The van der Waals surface area contributed by atoms with Crippen LogP contribution in [0, 0.1) is 0 Å². The summed E-state index contributed by atoms with van der Waals surface area (Å²) in [6.07, 6.45) is 0. The van der Waals surface area contributed by atoms with Gasteiger partial charge in [-0.2, -0.15) is 0 Å². The van der Waals surface area contributed by atoms with Gasteiger partial charge in [-0.15, -0.1) is 0 Å². The summed E-state index contributed by atoms with van der Waals surface area (Å²) in [6, 6.07) is 97.0. The molecule has 0 saturated carbocycles. The van der Waals surface area contributed by atoms with Crippen LogP contribution in [-0.4, -0.2) is 0 Å². The van der Waals surface area contributed by atoms with Gasteiger partial charge in [-0.25, -0.2) is 0 Å². The highest BCUT2D eigenvalue weighted by molar-refractivity contribution is 6.08. The molecule has 1 heteroatoms. The van der Waals surface area contributed by atoms with Crippen molar-refractivity contribution in [1.29, 1.82) is 0 Å². The predicted molar refractivity (Wildman–Crippen MR) is 271 cm³/mol. The van der Waals surface area contributed by atoms with E-state index in [4.69, 9.17) is 0 Å². The van der Waals surface area contributed by atoms with E-state index < -0.39 is 10.8 Å². The lowest BCUT2D eigenvalue weighted by Crippen LogP contribution is -2.28. The van der Waals surface area contributed by atoms with Crippen LogP contribution in [-0.2, 0) is 10.8 Å². The van der Waals surface area contributed by atoms with E-state index in [1.54, 1.807) is 0 Å². The van der Waals surface area contributed by atoms with Gasteiger partial charge in [-0.05, 0) is 125 Å². The standard InChI is InChI=1S/C64H43N/c1-4-19-46(20-5-1)63(47-21-6-2-7-22-47)61-31-17-14-28-57(61)58-43-52(39-41-62(58)63)65(51-38-40-54-45(42-51)33-32-44-18-10-11-25-53(44)54)50-36-34-49(35-37-50)64(48-23-8-3-9-24-48)59-29-15-12-26-55(59)56-27-13-16-30-60(56)64/h1-43H. The van der Waals surface area contributed by atoms with E-state index in [-0.39, 0.29) is 0 Å². The Labute approximate surface area is 380 Å². The topological polar surface area (TPSA) is 3.24 Å². The van der Waals surface area contributed by atoms with E-state index >= 15 is 0 Å². The number of fused-ring (bicyclic) bond motifs is 9. The molecule has 0 fully saturated rings. The summed E-state index contributed by atoms with van der Waals surface area (Å²) >= 11 is 0. The minimum absolute atomic E-state index is 0.469. The van der Waals surface area contributed by atoms with Gasteiger partial charge < -0.3 is 4.90 Å². The number of hydrogen-bond donors (Lipinski definition) is 0. The van der Waals surface area contributed by atoms with Gasteiger partial charge in [-0.1, -0.05) is 224 Å². The minimum atomic E-state index is -0.475. The van der Waals surface area contributed by atoms with Crippen molar-refractivity contribution >= 4 is 38.6 Å². The third kappa shape index (κ3) is 5.39. The van der Waals surface area contributed by atoms with Crippen molar-refractivity contribution in [3.63, 3.8) is 0 Å². The molecule has 0 unspecified atom stereocenters. The van der Waals surface area contributed by atoms with Crippen molar-refractivity contribution < 1.29 is 0 Å². The summed E-state index contributed by atoms with van der Waals surface area (Å²) < 4.78 is 0. The Bertz CT molecular complexity index is 3510. The molecule has 0 saturated heterocycles. The third-order valence-corrected chi connectivity index (χ3v) is 14.4. The normalized spacial score (nSPS) is 13.8. The van der Waals surface area contributed by atoms with Crippen LogP contribution in [0.5, 0.6) is 0 Å². The zero-order valence-electron chi connectivity index (χ0n) is 35.8. The SMILES string of the molecule is c1ccc(C2(c3ccc(N(c4ccc5c(c4)-c4ccccc4C5(c4ccccc4)c4ccccc4)c4ccc5c(ccc6ccccc65)c4)cc3)c3ccccc3-c3ccccc32)cc1. The van der Waals surface area contributed by atoms with Crippen LogP contribution in [0.3, 0.4) is 0 Å². The molecule has 1 nitrogen and oxygen atoms in total. The van der Waals surface area contributed by atoms with Gasteiger partial charge >= 0.3 is 0 Å². The first-order valence-electron chi connectivity index (χ1n) is 22.7. The molecule has 0 aliphatic heterocycles. The van der Waals surface area contributed by atoms with E-state index in [2.05, 4.69) is 266 Å². The van der Waals surface area contributed by atoms with E-state index in [9.17, 15) is 0 Å². The lowest BCUT2D eigenvalue weighted by atomic mass is 9.67. The van der Waals surface area contributed by atoms with Crippen molar-refractivity contribution in [1.82, 2.24) is 0 Å². The molecule has 11 aromatic carbocycles. The van der Waals surface area contributed by atoms with Crippen molar-refractivity contribution in [2.75, 3.05) is 4.90 Å². The Morgan fingerprint density at radius 3 is 1.18 bits per heavy atom. The Hall–Kier alpha value is -8.26. The van der Waals surface area contributed by atoms with Crippen molar-refractivity contribution in [3.8, 4) is 22.3 Å². The fourth-order valence-corrected chi connectivity index (χ4v) is 11.7. The third-order valence-electron chi connectivity index (χ3n) is 14.4. The predicted octanol–water partition coefficient (Wildman–Crippen LogP) is 16.2. The summed E-state index contributed by atoms with van der Waals surface area (Å²) in [5.74, 6) is 0. The van der Waals surface area contributed by atoms with Crippen LogP contribution >= 0.6 is 0 Å². The number of anilines is 3. The summed E-state index contributed by atoms with van der Waals surface area (Å²) in [5, 5.41) is 4.98. The molecule has 0 spiro atoms. The van der Waals surface area contributed by atoms with E-state index in [0.29, 0.717) is 0 Å². The zero-order chi connectivity index (χ0) is 43.0. The van der Waals surface area contributed by atoms with Gasteiger partial charge in [0.15, 0.2) is 0 Å². The second-order valence-corrected chi connectivity index (χ2v) is 17.5.